The maximum absolute atomic E-state index is 5.47. The van der Waals surface area contributed by atoms with Crippen LogP contribution in [0.2, 0.25) is 0 Å². The Hall–Kier alpha value is -0.350. The van der Waals surface area contributed by atoms with Crippen LogP contribution in [0.25, 0.3) is 0 Å². The molecule has 4 saturated carbocycles. The van der Waals surface area contributed by atoms with E-state index in [0.717, 1.165) is 54.5 Å². The Balaban J connectivity index is 1.37. The standard InChI is InChI=1S/C17H29N3S/c1-2-18-17(21)20-5-3-19(4-6-20)16-14-8-12-7-13(10-14)11-15(16)9-12/h12-16H,2-11H2,1H3,(H,18,21). The molecule has 1 N–H and O–H groups in total. The van der Waals surface area contributed by atoms with Gasteiger partial charge < -0.3 is 10.2 Å². The molecule has 0 aromatic rings. The van der Waals surface area contributed by atoms with Crippen molar-refractivity contribution in [3.05, 3.63) is 0 Å². The highest BCUT2D eigenvalue weighted by Crippen LogP contribution is 2.55. The topological polar surface area (TPSA) is 18.5 Å². The minimum atomic E-state index is 0.910. The molecule has 4 aliphatic carbocycles. The van der Waals surface area contributed by atoms with E-state index in [-0.39, 0.29) is 0 Å². The van der Waals surface area contributed by atoms with E-state index in [1.807, 2.05) is 0 Å². The number of piperazine rings is 1. The third-order valence-corrected chi connectivity index (χ3v) is 6.93. The first-order chi connectivity index (χ1) is 10.2. The second kappa shape index (κ2) is 5.69. The van der Waals surface area contributed by atoms with Crippen molar-refractivity contribution in [1.82, 2.24) is 15.1 Å². The number of nitrogens with zero attached hydrogens (tertiary/aromatic N) is 2. The first kappa shape index (κ1) is 14.3. The van der Waals surface area contributed by atoms with Crippen LogP contribution in [0.15, 0.2) is 0 Å². The van der Waals surface area contributed by atoms with E-state index < -0.39 is 0 Å². The average molecular weight is 308 g/mol. The Labute approximate surface area is 134 Å². The zero-order valence-corrected chi connectivity index (χ0v) is 14.1. The van der Waals surface area contributed by atoms with Crippen LogP contribution in [0.4, 0.5) is 0 Å². The van der Waals surface area contributed by atoms with Gasteiger partial charge in [0, 0.05) is 38.8 Å². The van der Waals surface area contributed by atoms with Crippen molar-refractivity contribution in [2.75, 3.05) is 32.7 Å². The second-order valence-corrected chi connectivity index (χ2v) is 8.17. The molecule has 21 heavy (non-hydrogen) atoms. The van der Waals surface area contributed by atoms with E-state index >= 15 is 0 Å². The molecule has 0 amide bonds. The number of hydrogen-bond donors (Lipinski definition) is 1. The number of thiocarbonyl (C=S) groups is 1. The first-order valence-electron chi connectivity index (χ1n) is 9.01. The molecule has 4 heteroatoms. The summed E-state index contributed by atoms with van der Waals surface area (Å²) in [6.07, 6.45) is 7.70. The lowest BCUT2D eigenvalue weighted by Crippen LogP contribution is -2.61. The first-order valence-corrected chi connectivity index (χ1v) is 9.42. The molecule has 0 unspecified atom stereocenters. The average Bonchev–Trinajstić information content (AvgIpc) is 2.47. The SMILES string of the molecule is CCNC(=S)N1CCN(C2C3CC4CC(C3)CC2C4)CC1. The van der Waals surface area contributed by atoms with E-state index in [0.29, 0.717) is 0 Å². The summed E-state index contributed by atoms with van der Waals surface area (Å²) < 4.78 is 0. The molecule has 3 nitrogen and oxygen atoms in total. The summed E-state index contributed by atoms with van der Waals surface area (Å²) in [6.45, 7) is 7.74. The largest absolute Gasteiger partial charge is 0.363 e. The number of nitrogens with one attached hydrogen (secondary N) is 1. The van der Waals surface area contributed by atoms with E-state index in [1.165, 1.54) is 38.8 Å². The van der Waals surface area contributed by atoms with Crippen LogP contribution >= 0.6 is 12.2 Å². The van der Waals surface area contributed by atoms with Crippen molar-refractivity contribution in [3.8, 4) is 0 Å². The van der Waals surface area contributed by atoms with Crippen molar-refractivity contribution in [3.63, 3.8) is 0 Å². The molecule has 5 fully saturated rings. The normalized spacial score (nSPS) is 42.3. The summed E-state index contributed by atoms with van der Waals surface area (Å²) in [4.78, 5) is 5.20. The quantitative estimate of drug-likeness (QED) is 0.789. The van der Waals surface area contributed by atoms with Crippen molar-refractivity contribution < 1.29 is 0 Å². The van der Waals surface area contributed by atoms with Crippen LogP contribution in [0.1, 0.15) is 39.0 Å². The zero-order valence-electron chi connectivity index (χ0n) is 13.3. The summed E-state index contributed by atoms with van der Waals surface area (Å²) in [6, 6.07) is 0.910. The van der Waals surface area contributed by atoms with Gasteiger partial charge in [0.2, 0.25) is 0 Å². The number of rotatable bonds is 2. The lowest BCUT2D eigenvalue weighted by molar-refractivity contribution is -0.0727. The molecule has 118 valence electrons. The molecule has 1 heterocycles. The highest BCUT2D eigenvalue weighted by Gasteiger charge is 2.50. The van der Waals surface area contributed by atoms with Crippen LogP contribution in [0.3, 0.4) is 0 Å². The van der Waals surface area contributed by atoms with Crippen LogP contribution in [0, 0.1) is 23.7 Å². The number of hydrogen-bond acceptors (Lipinski definition) is 2. The van der Waals surface area contributed by atoms with Gasteiger partial charge in [-0.3, -0.25) is 4.90 Å². The van der Waals surface area contributed by atoms with E-state index in [2.05, 4.69) is 22.0 Å². The Morgan fingerprint density at radius 2 is 1.52 bits per heavy atom. The molecular formula is C17H29N3S. The van der Waals surface area contributed by atoms with Gasteiger partial charge in [-0.15, -0.1) is 0 Å². The van der Waals surface area contributed by atoms with Crippen molar-refractivity contribution in [1.29, 1.82) is 0 Å². The van der Waals surface area contributed by atoms with Gasteiger partial charge in [0.05, 0.1) is 0 Å². The highest BCUT2D eigenvalue weighted by molar-refractivity contribution is 7.80. The van der Waals surface area contributed by atoms with Crippen molar-refractivity contribution in [2.24, 2.45) is 23.7 Å². The maximum atomic E-state index is 5.47. The van der Waals surface area contributed by atoms with E-state index in [9.17, 15) is 0 Å². The lowest BCUT2D eigenvalue weighted by atomic mass is 9.54. The van der Waals surface area contributed by atoms with Crippen LogP contribution < -0.4 is 5.32 Å². The van der Waals surface area contributed by atoms with Crippen LogP contribution in [0.5, 0.6) is 0 Å². The minimum Gasteiger partial charge on any atom is -0.363 e. The second-order valence-electron chi connectivity index (χ2n) is 7.78. The maximum Gasteiger partial charge on any atom is 0.169 e. The molecular weight excluding hydrogens is 278 g/mol. The van der Waals surface area contributed by atoms with Gasteiger partial charge in [0.25, 0.3) is 0 Å². The summed E-state index contributed by atoms with van der Waals surface area (Å²) >= 11 is 5.47. The van der Waals surface area contributed by atoms with Crippen LogP contribution in [-0.2, 0) is 0 Å². The fourth-order valence-electron chi connectivity index (χ4n) is 5.98. The Bertz CT molecular complexity index is 375. The molecule has 1 aliphatic heterocycles. The molecule has 4 bridgehead atoms. The molecule has 1 saturated heterocycles. The van der Waals surface area contributed by atoms with Gasteiger partial charge in [-0.25, -0.2) is 0 Å². The summed E-state index contributed by atoms with van der Waals surface area (Å²) in [7, 11) is 0. The molecule has 5 rings (SSSR count). The molecule has 0 aromatic carbocycles. The lowest BCUT2D eigenvalue weighted by Gasteiger charge is -2.58. The molecule has 5 aliphatic rings. The molecule has 0 aromatic heterocycles. The Morgan fingerprint density at radius 3 is 2.05 bits per heavy atom. The third-order valence-electron chi connectivity index (χ3n) is 6.53. The summed E-state index contributed by atoms with van der Waals surface area (Å²) in [5.41, 5.74) is 0. The summed E-state index contributed by atoms with van der Waals surface area (Å²) in [5, 5.41) is 4.26. The van der Waals surface area contributed by atoms with Gasteiger partial charge in [0.15, 0.2) is 5.11 Å². The van der Waals surface area contributed by atoms with E-state index in [4.69, 9.17) is 12.2 Å². The molecule has 0 radical (unpaired) electrons. The third kappa shape index (κ3) is 2.59. The predicted molar refractivity (Wildman–Crippen MR) is 90.3 cm³/mol. The Kier molecular flexibility index (Phi) is 3.86. The smallest absolute Gasteiger partial charge is 0.169 e. The minimum absolute atomic E-state index is 0.910. The van der Waals surface area contributed by atoms with Gasteiger partial charge >= 0.3 is 0 Å². The van der Waals surface area contributed by atoms with Gasteiger partial charge in [-0.2, -0.15) is 0 Å². The summed E-state index contributed by atoms with van der Waals surface area (Å²) in [5.74, 6) is 4.22. The van der Waals surface area contributed by atoms with E-state index in [1.54, 1.807) is 6.42 Å². The molecule has 0 spiro atoms. The van der Waals surface area contributed by atoms with Crippen molar-refractivity contribution in [2.45, 2.75) is 45.1 Å². The van der Waals surface area contributed by atoms with Crippen molar-refractivity contribution >= 4 is 17.3 Å². The highest BCUT2D eigenvalue weighted by atomic mass is 32.1. The monoisotopic (exact) mass is 307 g/mol. The van der Waals surface area contributed by atoms with Gasteiger partial charge in [-0.05, 0) is 74.9 Å². The predicted octanol–water partition coefficient (Wildman–Crippen LogP) is 2.32. The zero-order chi connectivity index (χ0) is 14.4. The van der Waals surface area contributed by atoms with Crippen LogP contribution in [-0.4, -0.2) is 53.7 Å². The fourth-order valence-corrected chi connectivity index (χ4v) is 6.31. The molecule has 0 atom stereocenters. The Morgan fingerprint density at radius 1 is 0.952 bits per heavy atom. The van der Waals surface area contributed by atoms with Gasteiger partial charge in [0.1, 0.15) is 0 Å². The fraction of sp³-hybridized carbons (Fsp3) is 0.941. The van der Waals surface area contributed by atoms with Gasteiger partial charge in [-0.1, -0.05) is 0 Å².